The minimum atomic E-state index is -3.20. The van der Waals surface area contributed by atoms with Gasteiger partial charge in [0.15, 0.2) is 0 Å². The lowest BCUT2D eigenvalue weighted by molar-refractivity contribution is -0.159. The molecule has 0 aromatic rings. The van der Waals surface area contributed by atoms with Crippen LogP contribution in [-0.2, 0) is 19.2 Å². The van der Waals surface area contributed by atoms with Crippen molar-refractivity contribution in [1.82, 2.24) is 25.8 Å². The number of nitrogens with zero attached hydrogens (tertiary/aromatic N) is 2. The summed E-state index contributed by atoms with van der Waals surface area (Å²) in [5.41, 5.74) is -0.0925. The van der Waals surface area contributed by atoms with Crippen molar-refractivity contribution >= 4 is 35.5 Å². The smallest absolute Gasteiger partial charge is 0.353 e. The van der Waals surface area contributed by atoms with Crippen LogP contribution in [0.15, 0.2) is 10.6 Å². The SMILES string of the molecule is C[C@@H](NC(=O)C(F)F)[C@H]1C(=O)N2C(C(=O)O)=C(S[C@@H]3CN[C@H](C(=O)N(C)[C@H]4CCNC4)C3)[C@H](C)[C@H]12. The van der Waals surface area contributed by atoms with E-state index in [-0.39, 0.29) is 34.9 Å². The highest BCUT2D eigenvalue weighted by Crippen LogP contribution is 2.51. The second kappa shape index (κ2) is 10.0. The molecule has 0 radical (unpaired) electrons. The Labute approximate surface area is 206 Å². The van der Waals surface area contributed by atoms with Crippen molar-refractivity contribution in [3.63, 3.8) is 0 Å². The van der Waals surface area contributed by atoms with Crippen LogP contribution >= 0.6 is 11.8 Å². The largest absolute Gasteiger partial charge is 0.477 e. The molecule has 10 nitrogen and oxygen atoms in total. The number of thioether (sulfide) groups is 1. The minimum Gasteiger partial charge on any atom is -0.477 e. The molecule has 194 valence electrons. The van der Waals surface area contributed by atoms with Crippen molar-refractivity contribution in [2.75, 3.05) is 26.7 Å². The summed E-state index contributed by atoms with van der Waals surface area (Å²) in [6.07, 6.45) is -1.76. The number of carbonyl (C=O) groups excluding carboxylic acids is 3. The predicted octanol–water partition coefficient (Wildman–Crippen LogP) is -0.187. The van der Waals surface area contributed by atoms with Gasteiger partial charge in [-0.15, -0.1) is 11.8 Å². The molecule has 3 amide bonds. The van der Waals surface area contributed by atoms with E-state index in [2.05, 4.69) is 16.0 Å². The molecule has 4 aliphatic rings. The molecule has 35 heavy (non-hydrogen) atoms. The van der Waals surface area contributed by atoms with Crippen LogP contribution in [-0.4, -0.2) is 101 Å². The number of likely N-dealkylation sites (N-methyl/N-ethyl adjacent to an activating group) is 1. The average molecular weight is 516 g/mol. The molecule has 4 N–H and O–H groups in total. The van der Waals surface area contributed by atoms with E-state index in [4.69, 9.17) is 0 Å². The van der Waals surface area contributed by atoms with Crippen LogP contribution in [0.5, 0.6) is 0 Å². The molecule has 0 aromatic carbocycles. The van der Waals surface area contributed by atoms with Gasteiger partial charge in [0.25, 0.3) is 5.91 Å². The van der Waals surface area contributed by atoms with Crippen LogP contribution in [0.4, 0.5) is 8.78 Å². The van der Waals surface area contributed by atoms with Crippen LogP contribution in [0.1, 0.15) is 26.7 Å². The third-order valence-electron chi connectivity index (χ3n) is 7.51. The molecule has 3 saturated heterocycles. The molecule has 0 bridgehead atoms. The van der Waals surface area contributed by atoms with Gasteiger partial charge in [0.1, 0.15) is 5.70 Å². The number of alkyl halides is 2. The fourth-order valence-corrected chi connectivity index (χ4v) is 7.11. The van der Waals surface area contributed by atoms with E-state index >= 15 is 0 Å². The van der Waals surface area contributed by atoms with E-state index in [0.29, 0.717) is 17.9 Å². The minimum absolute atomic E-state index is 0.0105. The van der Waals surface area contributed by atoms with Crippen molar-refractivity contribution in [2.24, 2.45) is 11.8 Å². The van der Waals surface area contributed by atoms with Crippen molar-refractivity contribution in [3.8, 4) is 0 Å². The number of aliphatic carboxylic acids is 1. The third-order valence-corrected chi connectivity index (χ3v) is 9.02. The quantitative estimate of drug-likeness (QED) is 0.328. The molecule has 4 rings (SSSR count). The number of carboxylic acids is 1. The molecule has 0 aromatic heterocycles. The van der Waals surface area contributed by atoms with Crippen LogP contribution in [0.25, 0.3) is 0 Å². The maximum absolute atomic E-state index is 12.9. The number of nitrogens with one attached hydrogen (secondary N) is 3. The number of β-lactam (4-membered cyclic amide) rings is 1. The molecule has 4 heterocycles. The number of carbonyl (C=O) groups is 4. The van der Waals surface area contributed by atoms with Gasteiger partial charge >= 0.3 is 12.4 Å². The number of carboxylic acid groups (broad SMARTS) is 1. The van der Waals surface area contributed by atoms with E-state index in [1.807, 2.05) is 6.92 Å². The first-order valence-electron chi connectivity index (χ1n) is 11.8. The Balaban J connectivity index is 1.43. The highest BCUT2D eigenvalue weighted by atomic mass is 32.2. The summed E-state index contributed by atoms with van der Waals surface area (Å²) >= 11 is 1.36. The molecule has 0 spiro atoms. The summed E-state index contributed by atoms with van der Waals surface area (Å²) in [4.78, 5) is 52.8. The second-order valence-corrected chi connectivity index (χ2v) is 11.0. The molecule has 0 unspecified atom stereocenters. The molecule has 0 aliphatic carbocycles. The summed E-state index contributed by atoms with van der Waals surface area (Å²) in [6.45, 7) is 5.45. The Morgan fingerprint density at radius 2 is 2.00 bits per heavy atom. The average Bonchev–Trinajstić information content (AvgIpc) is 3.53. The highest BCUT2D eigenvalue weighted by molar-refractivity contribution is 8.03. The van der Waals surface area contributed by atoms with Gasteiger partial charge in [-0.1, -0.05) is 6.92 Å². The fraction of sp³-hybridized carbons (Fsp3) is 0.727. The first kappa shape index (κ1) is 25.8. The van der Waals surface area contributed by atoms with E-state index in [9.17, 15) is 33.1 Å². The van der Waals surface area contributed by atoms with Gasteiger partial charge in [0.05, 0.1) is 18.0 Å². The van der Waals surface area contributed by atoms with Gasteiger partial charge in [-0.25, -0.2) is 4.79 Å². The fourth-order valence-electron chi connectivity index (χ4n) is 5.63. The third kappa shape index (κ3) is 4.65. The molecular formula is C22H31F2N5O5S. The van der Waals surface area contributed by atoms with Crippen LogP contribution < -0.4 is 16.0 Å². The molecule has 3 fully saturated rings. The Hall–Kier alpha value is -2.25. The van der Waals surface area contributed by atoms with E-state index in [1.54, 1.807) is 11.9 Å². The topological polar surface area (TPSA) is 131 Å². The van der Waals surface area contributed by atoms with Gasteiger partial charge in [-0.3, -0.25) is 14.4 Å². The summed E-state index contributed by atoms with van der Waals surface area (Å²) in [5, 5.41) is 18.5. The van der Waals surface area contributed by atoms with Crippen molar-refractivity contribution in [2.45, 2.75) is 62.5 Å². The van der Waals surface area contributed by atoms with E-state index < -0.39 is 42.2 Å². The molecule has 7 atom stereocenters. The lowest BCUT2D eigenvalue weighted by Gasteiger charge is -2.47. The highest BCUT2D eigenvalue weighted by Gasteiger charge is 2.60. The number of halogens is 2. The lowest BCUT2D eigenvalue weighted by atomic mass is 9.78. The van der Waals surface area contributed by atoms with Gasteiger partial charge in [0.2, 0.25) is 11.8 Å². The number of fused-ring (bicyclic) bond motifs is 1. The monoisotopic (exact) mass is 515 g/mol. The molecule has 13 heteroatoms. The first-order chi connectivity index (χ1) is 16.5. The maximum Gasteiger partial charge on any atom is 0.353 e. The summed E-state index contributed by atoms with van der Waals surface area (Å²) in [5.74, 6) is -4.31. The van der Waals surface area contributed by atoms with Crippen molar-refractivity contribution in [1.29, 1.82) is 0 Å². The molecule has 4 aliphatic heterocycles. The summed E-state index contributed by atoms with van der Waals surface area (Å²) in [6, 6.07) is -1.59. The second-order valence-electron chi connectivity index (χ2n) is 9.66. The van der Waals surface area contributed by atoms with Gasteiger partial charge in [-0.2, -0.15) is 8.78 Å². The number of amides is 3. The van der Waals surface area contributed by atoms with Gasteiger partial charge < -0.3 is 30.9 Å². The standard InChI is InChI=1S/C22H31F2N5O5S/c1-9-15-14(10(2)27-19(30)18(23)24)21(32)29(15)16(22(33)34)17(9)35-12-6-13(26-8-12)20(31)28(3)11-4-5-25-7-11/h9-15,18,25-26H,4-8H2,1-3H3,(H,27,30)(H,33,34)/t9-,10-,11+,12+,13+,14-,15-/m1/s1. The summed E-state index contributed by atoms with van der Waals surface area (Å²) < 4.78 is 25.3. The van der Waals surface area contributed by atoms with E-state index in [1.165, 1.54) is 23.6 Å². The van der Waals surface area contributed by atoms with Crippen LogP contribution in [0.3, 0.4) is 0 Å². The normalized spacial score (nSPS) is 33.1. The Kier molecular flexibility index (Phi) is 7.39. The number of hydrogen-bond acceptors (Lipinski definition) is 7. The van der Waals surface area contributed by atoms with Gasteiger partial charge in [0, 0.05) is 48.3 Å². The Bertz CT molecular complexity index is 943. The van der Waals surface area contributed by atoms with Gasteiger partial charge in [-0.05, 0) is 26.3 Å². The van der Waals surface area contributed by atoms with E-state index in [0.717, 1.165) is 19.5 Å². The van der Waals surface area contributed by atoms with Crippen LogP contribution in [0.2, 0.25) is 0 Å². The van der Waals surface area contributed by atoms with Crippen LogP contribution in [0, 0.1) is 11.8 Å². The number of hydrogen-bond donors (Lipinski definition) is 4. The molecule has 0 saturated carbocycles. The molecular weight excluding hydrogens is 484 g/mol. The Morgan fingerprint density at radius 3 is 2.60 bits per heavy atom. The first-order valence-corrected chi connectivity index (χ1v) is 12.7. The van der Waals surface area contributed by atoms with Crippen molar-refractivity contribution < 1.29 is 33.1 Å². The summed E-state index contributed by atoms with van der Waals surface area (Å²) in [7, 11) is 1.80. The zero-order valence-electron chi connectivity index (χ0n) is 19.8. The predicted molar refractivity (Wildman–Crippen MR) is 123 cm³/mol. The zero-order chi connectivity index (χ0) is 25.6. The van der Waals surface area contributed by atoms with Crippen molar-refractivity contribution in [3.05, 3.63) is 10.6 Å². The Morgan fingerprint density at radius 1 is 1.29 bits per heavy atom. The number of rotatable bonds is 8. The maximum atomic E-state index is 12.9. The zero-order valence-corrected chi connectivity index (χ0v) is 20.6. The lowest BCUT2D eigenvalue weighted by Crippen LogP contribution is -2.66.